The first kappa shape index (κ1) is 10.2. The SMILES string of the molecule is O=C1NC(=S)C(O)(c2c[nH]c3ccccc23)N1. The van der Waals surface area contributed by atoms with Crippen LogP contribution in [0.1, 0.15) is 5.56 Å². The van der Waals surface area contributed by atoms with Gasteiger partial charge in [-0.1, -0.05) is 30.4 Å². The van der Waals surface area contributed by atoms with Crippen LogP contribution in [-0.4, -0.2) is 21.1 Å². The van der Waals surface area contributed by atoms with E-state index in [1.165, 1.54) is 0 Å². The van der Waals surface area contributed by atoms with Crippen molar-refractivity contribution < 1.29 is 9.90 Å². The molecular formula is C11H9N3O2S. The molecule has 1 aromatic carbocycles. The van der Waals surface area contributed by atoms with Gasteiger partial charge in [-0.2, -0.15) is 0 Å². The zero-order valence-electron chi connectivity index (χ0n) is 8.65. The van der Waals surface area contributed by atoms with Gasteiger partial charge in [0.05, 0.1) is 0 Å². The summed E-state index contributed by atoms with van der Waals surface area (Å²) in [6.45, 7) is 0. The zero-order chi connectivity index (χ0) is 12.0. The first-order valence-corrected chi connectivity index (χ1v) is 5.44. The average molecular weight is 247 g/mol. The minimum atomic E-state index is -1.63. The fraction of sp³-hybridized carbons (Fsp3) is 0.0909. The van der Waals surface area contributed by atoms with Crippen LogP contribution in [0.25, 0.3) is 10.9 Å². The number of rotatable bonds is 1. The van der Waals surface area contributed by atoms with E-state index in [-0.39, 0.29) is 4.99 Å². The van der Waals surface area contributed by atoms with Gasteiger partial charge in [0.25, 0.3) is 0 Å². The third-order valence-corrected chi connectivity index (χ3v) is 3.23. The first-order valence-electron chi connectivity index (χ1n) is 5.04. The topological polar surface area (TPSA) is 77.2 Å². The van der Waals surface area contributed by atoms with Crippen LogP contribution in [0.15, 0.2) is 30.5 Å². The summed E-state index contributed by atoms with van der Waals surface area (Å²) in [7, 11) is 0. The van der Waals surface area contributed by atoms with E-state index in [0.29, 0.717) is 5.56 Å². The normalized spacial score (nSPS) is 23.8. The van der Waals surface area contributed by atoms with Crippen molar-refractivity contribution >= 4 is 34.1 Å². The highest BCUT2D eigenvalue weighted by atomic mass is 32.1. The highest BCUT2D eigenvalue weighted by Crippen LogP contribution is 2.29. The fourth-order valence-electron chi connectivity index (χ4n) is 2.01. The van der Waals surface area contributed by atoms with Gasteiger partial charge in [0.2, 0.25) is 5.72 Å². The number of thiocarbonyl (C=S) groups is 1. The molecule has 1 unspecified atom stereocenters. The first-order chi connectivity index (χ1) is 8.11. The monoisotopic (exact) mass is 247 g/mol. The summed E-state index contributed by atoms with van der Waals surface area (Å²) in [6.07, 6.45) is 1.64. The van der Waals surface area contributed by atoms with Crippen LogP contribution in [0, 0.1) is 0 Å². The van der Waals surface area contributed by atoms with Crippen molar-refractivity contribution in [1.29, 1.82) is 0 Å². The van der Waals surface area contributed by atoms with Gasteiger partial charge in [-0.3, -0.25) is 10.6 Å². The molecule has 1 atom stereocenters. The molecule has 0 bridgehead atoms. The molecule has 1 aliphatic heterocycles. The Morgan fingerprint density at radius 2 is 2.06 bits per heavy atom. The number of aliphatic hydroxyl groups is 1. The molecule has 1 fully saturated rings. The lowest BCUT2D eigenvalue weighted by atomic mass is 10.0. The predicted octanol–water partition coefficient (Wildman–Crippen LogP) is 0.953. The molecule has 1 saturated heterocycles. The van der Waals surface area contributed by atoms with Gasteiger partial charge < -0.3 is 10.1 Å². The molecule has 0 radical (unpaired) electrons. The summed E-state index contributed by atoms with van der Waals surface area (Å²) in [5.74, 6) is 0. The molecule has 2 heterocycles. The Balaban J connectivity index is 2.22. The maximum Gasteiger partial charge on any atom is 0.322 e. The molecule has 5 nitrogen and oxygen atoms in total. The van der Waals surface area contributed by atoms with Crippen molar-refractivity contribution in [2.24, 2.45) is 0 Å². The second-order valence-corrected chi connectivity index (χ2v) is 4.27. The molecule has 0 aliphatic carbocycles. The number of aromatic nitrogens is 1. The molecular weight excluding hydrogens is 238 g/mol. The second-order valence-electron chi connectivity index (χ2n) is 3.87. The van der Waals surface area contributed by atoms with Crippen LogP contribution in [0.2, 0.25) is 0 Å². The maximum atomic E-state index is 11.2. The Labute approximate surface area is 102 Å². The van der Waals surface area contributed by atoms with Crippen molar-refractivity contribution in [1.82, 2.24) is 15.6 Å². The predicted molar refractivity (Wildman–Crippen MR) is 66.5 cm³/mol. The lowest BCUT2D eigenvalue weighted by Crippen LogP contribution is -2.42. The lowest BCUT2D eigenvalue weighted by molar-refractivity contribution is 0.0975. The third-order valence-electron chi connectivity index (χ3n) is 2.83. The Morgan fingerprint density at radius 3 is 2.76 bits per heavy atom. The van der Waals surface area contributed by atoms with Gasteiger partial charge in [-0.25, -0.2) is 4.79 Å². The summed E-state index contributed by atoms with van der Waals surface area (Å²) < 4.78 is 0. The molecule has 2 amide bonds. The number of aromatic amines is 1. The van der Waals surface area contributed by atoms with E-state index >= 15 is 0 Å². The van der Waals surface area contributed by atoms with Crippen molar-refractivity contribution in [3.05, 3.63) is 36.0 Å². The summed E-state index contributed by atoms with van der Waals surface area (Å²) in [4.78, 5) is 14.3. The van der Waals surface area contributed by atoms with Crippen molar-refractivity contribution in [3.63, 3.8) is 0 Å². The van der Waals surface area contributed by atoms with Gasteiger partial charge in [0, 0.05) is 22.7 Å². The Morgan fingerprint density at radius 1 is 1.29 bits per heavy atom. The molecule has 4 N–H and O–H groups in total. The van der Waals surface area contributed by atoms with Crippen LogP contribution >= 0.6 is 12.2 Å². The number of H-pyrrole nitrogens is 1. The minimum Gasteiger partial charge on any atom is -0.361 e. The summed E-state index contributed by atoms with van der Waals surface area (Å²) in [5.41, 5.74) is -0.220. The van der Waals surface area contributed by atoms with E-state index in [4.69, 9.17) is 12.2 Å². The molecule has 1 aliphatic rings. The Hall–Kier alpha value is -1.92. The van der Waals surface area contributed by atoms with Crippen LogP contribution in [0.5, 0.6) is 0 Å². The standard InChI is InChI=1S/C11H9N3O2S/c15-10-13-9(17)11(16,14-10)7-5-12-8-4-2-1-3-6(7)8/h1-5,12,16H,(H2,13,14,15,17). The number of urea groups is 1. The van der Waals surface area contributed by atoms with E-state index in [1.807, 2.05) is 24.3 Å². The number of fused-ring (bicyclic) bond motifs is 1. The fourth-order valence-corrected chi connectivity index (χ4v) is 2.26. The maximum absolute atomic E-state index is 11.2. The number of carbonyl (C=O) groups excluding carboxylic acids is 1. The molecule has 1 aromatic heterocycles. The van der Waals surface area contributed by atoms with E-state index < -0.39 is 11.8 Å². The molecule has 86 valence electrons. The molecule has 6 heteroatoms. The highest BCUT2D eigenvalue weighted by molar-refractivity contribution is 7.80. The number of amides is 2. The van der Waals surface area contributed by atoms with Gasteiger partial charge >= 0.3 is 6.03 Å². The van der Waals surface area contributed by atoms with Crippen LogP contribution < -0.4 is 10.6 Å². The quantitative estimate of drug-likeness (QED) is 0.567. The zero-order valence-corrected chi connectivity index (χ0v) is 9.47. The molecule has 0 saturated carbocycles. The molecule has 17 heavy (non-hydrogen) atoms. The van der Waals surface area contributed by atoms with Crippen LogP contribution in [-0.2, 0) is 5.72 Å². The number of hydrogen-bond acceptors (Lipinski definition) is 3. The summed E-state index contributed by atoms with van der Waals surface area (Å²) in [6, 6.07) is 6.98. The summed E-state index contributed by atoms with van der Waals surface area (Å²) >= 11 is 4.98. The van der Waals surface area contributed by atoms with Gasteiger partial charge in [-0.05, 0) is 6.07 Å². The molecule has 3 rings (SSSR count). The highest BCUT2D eigenvalue weighted by Gasteiger charge is 2.44. The van der Waals surface area contributed by atoms with E-state index in [0.717, 1.165) is 10.9 Å². The number of nitrogens with one attached hydrogen (secondary N) is 3. The summed E-state index contributed by atoms with van der Waals surface area (Å²) in [5, 5.41) is 16.1. The van der Waals surface area contributed by atoms with E-state index in [1.54, 1.807) is 6.20 Å². The number of benzene rings is 1. The van der Waals surface area contributed by atoms with Crippen molar-refractivity contribution in [2.45, 2.75) is 5.72 Å². The lowest BCUT2D eigenvalue weighted by Gasteiger charge is -2.20. The third kappa shape index (κ3) is 1.35. The van der Waals surface area contributed by atoms with Crippen molar-refractivity contribution in [3.8, 4) is 0 Å². The number of para-hydroxylation sites is 1. The van der Waals surface area contributed by atoms with E-state index in [9.17, 15) is 9.90 Å². The van der Waals surface area contributed by atoms with Gasteiger partial charge in [-0.15, -0.1) is 0 Å². The van der Waals surface area contributed by atoms with E-state index in [2.05, 4.69) is 15.6 Å². The Kier molecular flexibility index (Phi) is 1.98. The van der Waals surface area contributed by atoms with Gasteiger partial charge in [0.1, 0.15) is 4.99 Å². The van der Waals surface area contributed by atoms with Crippen LogP contribution in [0.3, 0.4) is 0 Å². The van der Waals surface area contributed by atoms with Crippen molar-refractivity contribution in [2.75, 3.05) is 0 Å². The second kappa shape index (κ2) is 3.28. The van der Waals surface area contributed by atoms with Gasteiger partial charge in [0.15, 0.2) is 0 Å². The largest absolute Gasteiger partial charge is 0.361 e. The minimum absolute atomic E-state index is 0.0623. The molecule has 2 aromatic rings. The average Bonchev–Trinajstić information content (AvgIpc) is 2.81. The number of hydrogen-bond donors (Lipinski definition) is 4. The smallest absolute Gasteiger partial charge is 0.322 e. The van der Waals surface area contributed by atoms with Crippen LogP contribution in [0.4, 0.5) is 4.79 Å². The molecule has 0 spiro atoms. The number of carbonyl (C=O) groups is 1. The Bertz CT molecular complexity index is 636.